The smallest absolute Gasteiger partial charge is 0.308 e. The highest BCUT2D eigenvalue weighted by molar-refractivity contribution is 5.70. The second kappa shape index (κ2) is 5.96. The van der Waals surface area contributed by atoms with Crippen molar-refractivity contribution >= 4 is 11.7 Å². The molecule has 0 aliphatic heterocycles. The van der Waals surface area contributed by atoms with Crippen LogP contribution in [0.15, 0.2) is 18.2 Å². The molecule has 96 valence electrons. The molecule has 0 amide bonds. The van der Waals surface area contributed by atoms with Crippen molar-refractivity contribution in [2.24, 2.45) is 5.92 Å². The minimum Gasteiger partial charge on any atom is -0.481 e. The SMILES string of the molecule is CC(CN(CC#N)c1ccc(F)cc1F)C(=O)O. The summed E-state index contributed by atoms with van der Waals surface area (Å²) in [5.41, 5.74) is 0.0195. The monoisotopic (exact) mass is 254 g/mol. The van der Waals surface area contributed by atoms with E-state index in [2.05, 4.69) is 0 Å². The van der Waals surface area contributed by atoms with Crippen molar-refractivity contribution in [3.8, 4) is 6.07 Å². The van der Waals surface area contributed by atoms with Gasteiger partial charge in [0.25, 0.3) is 0 Å². The summed E-state index contributed by atoms with van der Waals surface area (Å²) in [6.45, 7) is 1.26. The van der Waals surface area contributed by atoms with Gasteiger partial charge in [0.1, 0.15) is 18.2 Å². The Labute approximate surface area is 103 Å². The van der Waals surface area contributed by atoms with Gasteiger partial charge in [-0.3, -0.25) is 4.79 Å². The molecule has 1 rings (SSSR count). The van der Waals surface area contributed by atoms with Crippen LogP contribution in [0.4, 0.5) is 14.5 Å². The molecule has 18 heavy (non-hydrogen) atoms. The lowest BCUT2D eigenvalue weighted by atomic mass is 10.1. The summed E-state index contributed by atoms with van der Waals surface area (Å²) in [6, 6.07) is 4.78. The zero-order valence-corrected chi connectivity index (χ0v) is 9.73. The highest BCUT2D eigenvalue weighted by Crippen LogP contribution is 2.21. The number of hydrogen-bond acceptors (Lipinski definition) is 3. The van der Waals surface area contributed by atoms with Gasteiger partial charge in [-0.2, -0.15) is 5.26 Å². The van der Waals surface area contributed by atoms with E-state index in [1.165, 1.54) is 17.9 Å². The third kappa shape index (κ3) is 3.42. The molecule has 0 heterocycles. The van der Waals surface area contributed by atoms with Gasteiger partial charge in [0.05, 0.1) is 17.7 Å². The number of carbonyl (C=O) groups is 1. The topological polar surface area (TPSA) is 64.3 Å². The molecule has 1 unspecified atom stereocenters. The molecule has 6 heteroatoms. The molecule has 0 fully saturated rings. The molecule has 1 atom stereocenters. The van der Waals surface area contributed by atoms with E-state index in [-0.39, 0.29) is 18.8 Å². The molecule has 0 bridgehead atoms. The summed E-state index contributed by atoms with van der Waals surface area (Å²) < 4.78 is 26.3. The van der Waals surface area contributed by atoms with Gasteiger partial charge in [-0.1, -0.05) is 6.92 Å². The van der Waals surface area contributed by atoms with Gasteiger partial charge >= 0.3 is 5.97 Å². The molecule has 1 aromatic rings. The Morgan fingerprint density at radius 2 is 2.22 bits per heavy atom. The standard InChI is InChI=1S/C12H12F2N2O2/c1-8(12(17)18)7-16(5-4-15)11-3-2-9(13)6-10(11)14/h2-3,6,8H,5,7H2,1H3,(H,17,18). The number of benzene rings is 1. The Bertz CT molecular complexity index is 485. The normalized spacial score (nSPS) is 11.7. The second-order valence-electron chi connectivity index (χ2n) is 3.87. The van der Waals surface area contributed by atoms with Gasteiger partial charge in [-0.05, 0) is 12.1 Å². The summed E-state index contributed by atoms with van der Waals surface area (Å²) in [6.07, 6.45) is 0. The maximum atomic E-state index is 13.5. The van der Waals surface area contributed by atoms with E-state index in [9.17, 15) is 13.6 Å². The van der Waals surface area contributed by atoms with Crippen LogP contribution in [-0.4, -0.2) is 24.2 Å². The molecule has 0 aromatic heterocycles. The molecular weight excluding hydrogens is 242 g/mol. The molecule has 0 aliphatic carbocycles. The van der Waals surface area contributed by atoms with Crippen LogP contribution in [0, 0.1) is 28.9 Å². The maximum absolute atomic E-state index is 13.5. The van der Waals surface area contributed by atoms with E-state index >= 15 is 0 Å². The van der Waals surface area contributed by atoms with Crippen LogP contribution in [0.25, 0.3) is 0 Å². The third-order valence-corrected chi connectivity index (χ3v) is 2.43. The first-order valence-electron chi connectivity index (χ1n) is 5.25. The van der Waals surface area contributed by atoms with Crippen LogP contribution in [0.2, 0.25) is 0 Å². The van der Waals surface area contributed by atoms with Gasteiger partial charge < -0.3 is 10.0 Å². The van der Waals surface area contributed by atoms with Gasteiger partial charge in [0.2, 0.25) is 0 Å². The number of halogens is 2. The molecule has 0 aliphatic rings. The van der Waals surface area contributed by atoms with E-state index < -0.39 is 23.5 Å². The predicted molar refractivity (Wildman–Crippen MR) is 61.0 cm³/mol. The van der Waals surface area contributed by atoms with Gasteiger partial charge in [0, 0.05) is 12.6 Å². The molecule has 1 aromatic carbocycles. The van der Waals surface area contributed by atoms with Crippen molar-refractivity contribution in [3.63, 3.8) is 0 Å². The number of aliphatic carboxylic acids is 1. The van der Waals surface area contributed by atoms with E-state index in [1.54, 1.807) is 0 Å². The fourth-order valence-corrected chi connectivity index (χ4v) is 1.48. The minimum absolute atomic E-state index is 0.0195. The first kappa shape index (κ1) is 13.9. The minimum atomic E-state index is -1.04. The zero-order chi connectivity index (χ0) is 13.7. The van der Waals surface area contributed by atoms with Gasteiger partial charge in [-0.15, -0.1) is 0 Å². The summed E-state index contributed by atoms with van der Waals surface area (Å²) >= 11 is 0. The highest BCUT2D eigenvalue weighted by Gasteiger charge is 2.19. The lowest BCUT2D eigenvalue weighted by molar-refractivity contribution is -0.140. The van der Waals surface area contributed by atoms with Crippen LogP contribution in [0.3, 0.4) is 0 Å². The number of carboxylic acids is 1. The van der Waals surface area contributed by atoms with E-state index in [0.717, 1.165) is 6.07 Å². The Kier molecular flexibility index (Phi) is 4.60. The predicted octanol–water partition coefficient (Wildman–Crippen LogP) is 2.02. The summed E-state index contributed by atoms with van der Waals surface area (Å²) in [4.78, 5) is 12.0. The van der Waals surface area contributed by atoms with E-state index in [4.69, 9.17) is 10.4 Å². The Morgan fingerprint density at radius 1 is 1.56 bits per heavy atom. The Hall–Kier alpha value is -2.16. The Morgan fingerprint density at radius 3 is 2.72 bits per heavy atom. The first-order valence-corrected chi connectivity index (χ1v) is 5.25. The number of nitriles is 1. The van der Waals surface area contributed by atoms with Gasteiger partial charge in [-0.25, -0.2) is 8.78 Å². The lowest BCUT2D eigenvalue weighted by Gasteiger charge is -2.24. The summed E-state index contributed by atoms with van der Waals surface area (Å²) in [5, 5.41) is 17.5. The molecule has 0 saturated carbocycles. The zero-order valence-electron chi connectivity index (χ0n) is 9.73. The highest BCUT2D eigenvalue weighted by atomic mass is 19.1. The van der Waals surface area contributed by atoms with Crippen molar-refractivity contribution in [2.75, 3.05) is 18.0 Å². The summed E-state index contributed by atoms with van der Waals surface area (Å²) in [5.74, 6) is -3.34. The molecular formula is C12H12F2N2O2. The number of rotatable bonds is 5. The van der Waals surface area contributed by atoms with Crippen molar-refractivity contribution in [1.82, 2.24) is 0 Å². The average molecular weight is 254 g/mol. The maximum Gasteiger partial charge on any atom is 0.308 e. The molecule has 0 saturated heterocycles. The van der Waals surface area contributed by atoms with Crippen LogP contribution in [0.5, 0.6) is 0 Å². The molecule has 1 N–H and O–H groups in total. The van der Waals surface area contributed by atoms with Crippen LogP contribution in [0.1, 0.15) is 6.92 Å². The van der Waals surface area contributed by atoms with Crippen molar-refractivity contribution in [2.45, 2.75) is 6.92 Å². The largest absolute Gasteiger partial charge is 0.481 e. The van der Waals surface area contributed by atoms with Crippen molar-refractivity contribution < 1.29 is 18.7 Å². The van der Waals surface area contributed by atoms with Crippen LogP contribution in [-0.2, 0) is 4.79 Å². The van der Waals surface area contributed by atoms with Crippen molar-refractivity contribution in [3.05, 3.63) is 29.8 Å². The second-order valence-corrected chi connectivity index (χ2v) is 3.87. The van der Waals surface area contributed by atoms with Crippen molar-refractivity contribution in [1.29, 1.82) is 5.26 Å². The number of hydrogen-bond donors (Lipinski definition) is 1. The first-order chi connectivity index (χ1) is 8.45. The summed E-state index contributed by atoms with van der Waals surface area (Å²) in [7, 11) is 0. The van der Waals surface area contributed by atoms with Gasteiger partial charge in [0.15, 0.2) is 0 Å². The fraction of sp³-hybridized carbons (Fsp3) is 0.333. The van der Waals surface area contributed by atoms with E-state index in [0.29, 0.717) is 6.07 Å². The van der Waals surface area contributed by atoms with Crippen LogP contribution >= 0.6 is 0 Å². The van der Waals surface area contributed by atoms with Crippen LogP contribution < -0.4 is 4.90 Å². The fourth-order valence-electron chi connectivity index (χ4n) is 1.48. The number of anilines is 1. The average Bonchev–Trinajstić information content (AvgIpc) is 2.28. The quantitative estimate of drug-likeness (QED) is 0.816. The lowest BCUT2D eigenvalue weighted by Crippen LogP contribution is -2.32. The Balaban J connectivity index is 2.97. The number of nitrogens with zero attached hydrogens (tertiary/aromatic N) is 2. The molecule has 0 radical (unpaired) electrons. The third-order valence-electron chi connectivity index (χ3n) is 2.43. The molecule has 0 spiro atoms. The van der Waals surface area contributed by atoms with E-state index in [1.807, 2.05) is 6.07 Å². The molecule has 4 nitrogen and oxygen atoms in total. The number of carboxylic acid groups (broad SMARTS) is 1.